The summed E-state index contributed by atoms with van der Waals surface area (Å²) < 4.78 is 2.00. The van der Waals surface area contributed by atoms with E-state index in [0.717, 1.165) is 5.69 Å². The van der Waals surface area contributed by atoms with Gasteiger partial charge in [0.1, 0.15) is 5.75 Å². The number of hydrogen-bond acceptors (Lipinski definition) is 2. The van der Waals surface area contributed by atoms with E-state index in [1.165, 1.54) is 5.56 Å². The van der Waals surface area contributed by atoms with Gasteiger partial charge in [-0.3, -0.25) is 4.79 Å². The molecule has 2 rings (SSSR count). The average molecular weight is 271 g/mol. The summed E-state index contributed by atoms with van der Waals surface area (Å²) in [4.78, 5) is 13.7. The van der Waals surface area contributed by atoms with Gasteiger partial charge >= 0.3 is 0 Å². The fourth-order valence-corrected chi connectivity index (χ4v) is 1.89. The second kappa shape index (κ2) is 6.19. The maximum atomic E-state index is 12.1. The van der Waals surface area contributed by atoms with E-state index in [0.29, 0.717) is 13.0 Å². The number of aryl methyl sites for hydroxylation is 2. The van der Waals surface area contributed by atoms with Crippen LogP contribution in [0.1, 0.15) is 12.0 Å². The van der Waals surface area contributed by atoms with Gasteiger partial charge in [0.2, 0.25) is 5.91 Å². The molecule has 1 aromatic carbocycles. The summed E-state index contributed by atoms with van der Waals surface area (Å²) >= 11 is 0. The van der Waals surface area contributed by atoms with Crippen LogP contribution in [-0.2, 0) is 11.3 Å². The van der Waals surface area contributed by atoms with E-state index < -0.39 is 0 Å². The Hall–Kier alpha value is -2.36. The van der Waals surface area contributed by atoms with E-state index in [2.05, 4.69) is 0 Å². The molecule has 20 heavy (non-hydrogen) atoms. The van der Waals surface area contributed by atoms with Gasteiger partial charge in [-0.05, 0) is 36.8 Å². The molecule has 0 aliphatic heterocycles. The van der Waals surface area contributed by atoms with Crippen molar-refractivity contribution in [1.29, 1.82) is 0 Å². The number of amides is 1. The molecule has 0 unspecified atom stereocenters. The minimum atomic E-state index is 0.0452. The number of aromatic hydroxyl groups is 1. The van der Waals surface area contributed by atoms with Crippen molar-refractivity contribution in [2.45, 2.75) is 19.9 Å². The van der Waals surface area contributed by atoms with Crippen LogP contribution in [0.15, 0.2) is 48.8 Å². The van der Waals surface area contributed by atoms with Crippen LogP contribution < -0.4 is 9.47 Å². The Kier molecular flexibility index (Phi) is 4.35. The first-order chi connectivity index (χ1) is 9.56. The molecule has 0 radical (unpaired) electrons. The fourth-order valence-electron chi connectivity index (χ4n) is 1.89. The first kappa shape index (κ1) is 14.1. The summed E-state index contributed by atoms with van der Waals surface area (Å²) in [5.41, 5.74) is 1.98. The lowest BCUT2D eigenvalue weighted by atomic mass is 10.2. The van der Waals surface area contributed by atoms with E-state index in [-0.39, 0.29) is 11.7 Å². The average Bonchev–Trinajstić information content (AvgIpc) is 2.46. The van der Waals surface area contributed by atoms with Crippen LogP contribution in [-0.4, -0.2) is 18.1 Å². The van der Waals surface area contributed by atoms with E-state index >= 15 is 0 Å². The summed E-state index contributed by atoms with van der Waals surface area (Å²) in [6.07, 6.45) is 4.39. The molecule has 4 nitrogen and oxygen atoms in total. The first-order valence-electron chi connectivity index (χ1n) is 6.57. The van der Waals surface area contributed by atoms with Gasteiger partial charge < -0.3 is 10.0 Å². The molecule has 1 amide bonds. The Labute approximate surface area is 118 Å². The molecule has 0 aliphatic carbocycles. The van der Waals surface area contributed by atoms with Gasteiger partial charge in [0.05, 0.1) is 6.42 Å². The summed E-state index contributed by atoms with van der Waals surface area (Å²) in [7, 11) is 1.74. The predicted molar refractivity (Wildman–Crippen MR) is 77.5 cm³/mol. The predicted octanol–water partition coefficient (Wildman–Crippen LogP) is 2.04. The summed E-state index contributed by atoms with van der Waals surface area (Å²) in [5, 5.41) is 9.24. The zero-order valence-electron chi connectivity index (χ0n) is 11.8. The van der Waals surface area contributed by atoms with E-state index in [4.69, 9.17) is 0 Å². The fraction of sp³-hybridized carbons (Fsp3) is 0.250. The number of benzene rings is 1. The molecule has 1 heterocycles. The number of rotatable bonds is 4. The molecule has 2 aromatic rings. The minimum Gasteiger partial charge on any atom is -0.508 e. The maximum Gasteiger partial charge on any atom is 0.233 e. The van der Waals surface area contributed by atoms with Crippen LogP contribution in [0.25, 0.3) is 0 Å². The smallest absolute Gasteiger partial charge is 0.233 e. The molecular formula is C16H19N2O2+. The number of anilines is 1. The normalized spacial score (nSPS) is 10.3. The molecule has 0 saturated carbocycles. The van der Waals surface area contributed by atoms with Crippen molar-refractivity contribution in [2.75, 3.05) is 11.9 Å². The highest BCUT2D eigenvalue weighted by Gasteiger charge is 2.13. The standard InChI is InChI=1S/C16H18N2O2/c1-13-7-10-18(11-8-13)12-9-16(20)17(2)14-3-5-15(19)6-4-14/h3-8,10-11H,9,12H2,1-2H3/p+1. The number of hydrogen-bond donors (Lipinski definition) is 1. The van der Waals surface area contributed by atoms with Gasteiger partial charge in [-0.15, -0.1) is 0 Å². The molecule has 0 saturated heterocycles. The Morgan fingerprint density at radius 3 is 2.35 bits per heavy atom. The molecule has 1 N–H and O–H groups in total. The van der Waals surface area contributed by atoms with Crippen molar-refractivity contribution in [3.05, 3.63) is 54.4 Å². The topological polar surface area (TPSA) is 44.4 Å². The van der Waals surface area contributed by atoms with E-state index in [1.54, 1.807) is 36.2 Å². The number of carbonyl (C=O) groups is 1. The Morgan fingerprint density at radius 2 is 1.75 bits per heavy atom. The largest absolute Gasteiger partial charge is 0.508 e. The van der Waals surface area contributed by atoms with Crippen LogP contribution in [0, 0.1) is 6.92 Å². The van der Waals surface area contributed by atoms with Crippen LogP contribution in [0.2, 0.25) is 0 Å². The SMILES string of the molecule is Cc1cc[n+](CCC(=O)N(C)c2ccc(O)cc2)cc1. The summed E-state index contributed by atoms with van der Waals surface area (Å²) in [6.45, 7) is 2.69. The van der Waals surface area contributed by atoms with Gasteiger partial charge in [-0.25, -0.2) is 4.57 Å². The number of phenols is 1. The van der Waals surface area contributed by atoms with Crippen LogP contribution in [0.4, 0.5) is 5.69 Å². The molecule has 0 aliphatic rings. The van der Waals surface area contributed by atoms with Gasteiger partial charge in [0, 0.05) is 24.9 Å². The lowest BCUT2D eigenvalue weighted by Gasteiger charge is -2.16. The Bertz CT molecular complexity index is 576. The lowest BCUT2D eigenvalue weighted by molar-refractivity contribution is -0.695. The highest BCUT2D eigenvalue weighted by molar-refractivity contribution is 5.92. The monoisotopic (exact) mass is 271 g/mol. The van der Waals surface area contributed by atoms with Crippen LogP contribution in [0.5, 0.6) is 5.75 Å². The minimum absolute atomic E-state index is 0.0452. The van der Waals surface area contributed by atoms with Crippen molar-refractivity contribution in [2.24, 2.45) is 0 Å². The zero-order valence-corrected chi connectivity index (χ0v) is 11.8. The van der Waals surface area contributed by atoms with E-state index in [1.807, 2.05) is 36.0 Å². The molecule has 0 fully saturated rings. The quantitative estimate of drug-likeness (QED) is 0.865. The molecule has 0 bridgehead atoms. The van der Waals surface area contributed by atoms with Crippen LogP contribution >= 0.6 is 0 Å². The number of pyridine rings is 1. The highest BCUT2D eigenvalue weighted by atomic mass is 16.3. The molecule has 1 aromatic heterocycles. The summed E-state index contributed by atoms with van der Waals surface area (Å²) in [5.74, 6) is 0.244. The van der Waals surface area contributed by atoms with E-state index in [9.17, 15) is 9.90 Å². The van der Waals surface area contributed by atoms with Crippen LogP contribution in [0.3, 0.4) is 0 Å². The van der Waals surface area contributed by atoms with Gasteiger partial charge in [0.25, 0.3) is 0 Å². The number of nitrogens with zero attached hydrogens (tertiary/aromatic N) is 2. The van der Waals surface area contributed by atoms with Gasteiger partial charge in [-0.2, -0.15) is 0 Å². The van der Waals surface area contributed by atoms with Gasteiger partial charge in [-0.1, -0.05) is 0 Å². The molecule has 104 valence electrons. The third-order valence-corrected chi connectivity index (χ3v) is 3.25. The van der Waals surface area contributed by atoms with Crippen molar-refractivity contribution in [1.82, 2.24) is 0 Å². The number of phenolic OH excluding ortho intramolecular Hbond substituents is 1. The first-order valence-corrected chi connectivity index (χ1v) is 6.57. The number of aromatic nitrogens is 1. The Morgan fingerprint density at radius 1 is 1.15 bits per heavy atom. The Balaban J connectivity index is 1.94. The number of carbonyl (C=O) groups excluding carboxylic acids is 1. The van der Waals surface area contributed by atoms with Crippen molar-refractivity contribution < 1.29 is 14.5 Å². The second-order valence-corrected chi connectivity index (χ2v) is 4.83. The third-order valence-electron chi connectivity index (χ3n) is 3.25. The highest BCUT2D eigenvalue weighted by Crippen LogP contribution is 2.17. The van der Waals surface area contributed by atoms with Gasteiger partial charge in [0.15, 0.2) is 18.9 Å². The lowest BCUT2D eigenvalue weighted by Crippen LogP contribution is -2.37. The van der Waals surface area contributed by atoms with Crippen molar-refractivity contribution >= 4 is 11.6 Å². The molecule has 4 heteroatoms. The maximum absolute atomic E-state index is 12.1. The molecule has 0 atom stereocenters. The second-order valence-electron chi connectivity index (χ2n) is 4.83. The third kappa shape index (κ3) is 3.57. The van der Waals surface area contributed by atoms with Crippen molar-refractivity contribution in [3.8, 4) is 5.75 Å². The molecular weight excluding hydrogens is 252 g/mol. The van der Waals surface area contributed by atoms with Crippen molar-refractivity contribution in [3.63, 3.8) is 0 Å². The zero-order chi connectivity index (χ0) is 14.5. The molecule has 0 spiro atoms. The summed E-state index contributed by atoms with van der Waals surface area (Å²) in [6, 6.07) is 10.7.